The fraction of sp³-hybridized carbons (Fsp3) is 0.583. The quantitative estimate of drug-likeness (QED) is 0.788. The molecule has 1 amide bonds. The Kier molecular flexibility index (Phi) is 3.38. The van der Waals surface area contributed by atoms with E-state index in [9.17, 15) is 4.79 Å². The number of nitrogen functional groups attached to an aromatic ring is 1. The van der Waals surface area contributed by atoms with Gasteiger partial charge in [-0.1, -0.05) is 0 Å². The second kappa shape index (κ2) is 4.79. The van der Waals surface area contributed by atoms with E-state index < -0.39 is 0 Å². The number of ether oxygens (including phenoxy) is 1. The van der Waals surface area contributed by atoms with Gasteiger partial charge in [-0.05, 0) is 19.4 Å². The molecule has 5 heteroatoms. The van der Waals surface area contributed by atoms with Crippen LogP contribution in [0.3, 0.4) is 0 Å². The summed E-state index contributed by atoms with van der Waals surface area (Å²) in [5, 5.41) is 0. The zero-order chi connectivity index (χ0) is 12.4. The highest BCUT2D eigenvalue weighted by Crippen LogP contribution is 2.14. The zero-order valence-electron chi connectivity index (χ0n) is 10.3. The Morgan fingerprint density at radius 2 is 2.35 bits per heavy atom. The van der Waals surface area contributed by atoms with Crippen LogP contribution in [0.25, 0.3) is 0 Å². The number of rotatable bonds is 1. The number of hydrogen-bond donors (Lipinski definition) is 1. The summed E-state index contributed by atoms with van der Waals surface area (Å²) in [7, 11) is 1.83. The lowest BCUT2D eigenvalue weighted by atomic mass is 10.3. The largest absolute Gasteiger partial charge is 0.397 e. The number of nitrogens with zero attached hydrogens (tertiary/aromatic N) is 2. The summed E-state index contributed by atoms with van der Waals surface area (Å²) in [6, 6.07) is 1.72. The highest BCUT2D eigenvalue weighted by atomic mass is 16.5. The molecule has 0 aromatic carbocycles. The molecule has 1 saturated heterocycles. The molecule has 17 heavy (non-hydrogen) atoms. The van der Waals surface area contributed by atoms with Crippen LogP contribution in [0.15, 0.2) is 12.3 Å². The number of anilines is 1. The normalized spacial score (nSPS) is 21.3. The monoisotopic (exact) mass is 237 g/mol. The molecule has 2 rings (SSSR count). The molecule has 0 bridgehead atoms. The number of amides is 1. The van der Waals surface area contributed by atoms with Crippen LogP contribution in [-0.4, -0.2) is 41.2 Å². The van der Waals surface area contributed by atoms with Crippen molar-refractivity contribution in [2.45, 2.75) is 19.4 Å². The van der Waals surface area contributed by atoms with Crippen LogP contribution in [0.1, 0.15) is 23.8 Å². The molecule has 1 aliphatic rings. The summed E-state index contributed by atoms with van der Waals surface area (Å²) in [6.45, 7) is 4.10. The van der Waals surface area contributed by atoms with Gasteiger partial charge in [-0.15, -0.1) is 0 Å². The molecule has 1 aromatic heterocycles. The van der Waals surface area contributed by atoms with E-state index in [1.54, 1.807) is 16.8 Å². The molecule has 1 unspecified atom stereocenters. The van der Waals surface area contributed by atoms with Crippen molar-refractivity contribution in [3.8, 4) is 0 Å². The minimum atomic E-state index is 0.0292. The summed E-state index contributed by atoms with van der Waals surface area (Å²) < 4.78 is 7.30. The summed E-state index contributed by atoms with van der Waals surface area (Å²) in [4.78, 5) is 14.2. The minimum Gasteiger partial charge on any atom is -0.397 e. The van der Waals surface area contributed by atoms with Crippen LogP contribution in [0.5, 0.6) is 0 Å². The zero-order valence-corrected chi connectivity index (χ0v) is 10.3. The first kappa shape index (κ1) is 12.0. The number of carbonyl (C=O) groups excluding carboxylic acids is 1. The number of aromatic nitrogens is 1. The standard InChI is InChI=1S/C12H19N3O2/c1-9-7-15(4-3-5-17-9)12(16)11-6-10(13)8-14(11)2/h6,8-9H,3-5,7,13H2,1-2H3. The molecule has 0 radical (unpaired) electrons. The molecule has 1 atom stereocenters. The van der Waals surface area contributed by atoms with E-state index in [1.165, 1.54) is 0 Å². The number of carbonyl (C=O) groups is 1. The van der Waals surface area contributed by atoms with Crippen molar-refractivity contribution in [2.24, 2.45) is 7.05 Å². The van der Waals surface area contributed by atoms with Crippen molar-refractivity contribution in [2.75, 3.05) is 25.4 Å². The van der Waals surface area contributed by atoms with Crippen molar-refractivity contribution in [1.29, 1.82) is 0 Å². The van der Waals surface area contributed by atoms with Crippen molar-refractivity contribution >= 4 is 11.6 Å². The Bertz CT molecular complexity index is 414. The Hall–Kier alpha value is -1.49. The van der Waals surface area contributed by atoms with Crippen molar-refractivity contribution in [3.63, 3.8) is 0 Å². The number of aryl methyl sites for hydroxylation is 1. The van der Waals surface area contributed by atoms with Gasteiger partial charge in [-0.3, -0.25) is 4.79 Å². The van der Waals surface area contributed by atoms with E-state index in [-0.39, 0.29) is 12.0 Å². The molecular weight excluding hydrogens is 218 g/mol. The summed E-state index contributed by atoms with van der Waals surface area (Å²) >= 11 is 0. The molecule has 5 nitrogen and oxygen atoms in total. The van der Waals surface area contributed by atoms with Crippen LogP contribution in [0.4, 0.5) is 5.69 Å². The van der Waals surface area contributed by atoms with Crippen LogP contribution in [0, 0.1) is 0 Å². The first-order valence-corrected chi connectivity index (χ1v) is 5.90. The topological polar surface area (TPSA) is 60.5 Å². The molecule has 94 valence electrons. The van der Waals surface area contributed by atoms with E-state index in [2.05, 4.69) is 0 Å². The van der Waals surface area contributed by atoms with E-state index in [1.807, 2.05) is 18.9 Å². The molecule has 2 heterocycles. The summed E-state index contributed by atoms with van der Waals surface area (Å²) in [6.07, 6.45) is 2.74. The van der Waals surface area contributed by atoms with Gasteiger partial charge >= 0.3 is 0 Å². The molecular formula is C12H19N3O2. The first-order valence-electron chi connectivity index (χ1n) is 5.90. The third-order valence-electron chi connectivity index (χ3n) is 2.98. The summed E-state index contributed by atoms with van der Waals surface area (Å²) in [5.41, 5.74) is 6.94. The van der Waals surface area contributed by atoms with Crippen LogP contribution < -0.4 is 5.73 Å². The second-order valence-corrected chi connectivity index (χ2v) is 4.56. The van der Waals surface area contributed by atoms with Crippen LogP contribution in [-0.2, 0) is 11.8 Å². The smallest absolute Gasteiger partial charge is 0.270 e. The van der Waals surface area contributed by atoms with E-state index in [0.29, 0.717) is 17.9 Å². The van der Waals surface area contributed by atoms with E-state index in [4.69, 9.17) is 10.5 Å². The van der Waals surface area contributed by atoms with Crippen molar-refractivity contribution < 1.29 is 9.53 Å². The minimum absolute atomic E-state index is 0.0292. The predicted octanol–water partition coefficient (Wildman–Crippen LogP) is 0.858. The fourth-order valence-electron chi connectivity index (χ4n) is 2.14. The van der Waals surface area contributed by atoms with Gasteiger partial charge in [-0.25, -0.2) is 0 Å². The van der Waals surface area contributed by atoms with Gasteiger partial charge in [0.05, 0.1) is 11.8 Å². The molecule has 1 aromatic rings. The fourth-order valence-corrected chi connectivity index (χ4v) is 2.14. The van der Waals surface area contributed by atoms with Crippen LogP contribution in [0.2, 0.25) is 0 Å². The lowest BCUT2D eigenvalue weighted by Crippen LogP contribution is -2.36. The van der Waals surface area contributed by atoms with Gasteiger partial charge in [0.25, 0.3) is 5.91 Å². The average Bonchev–Trinajstić information content (AvgIpc) is 2.49. The van der Waals surface area contributed by atoms with E-state index >= 15 is 0 Å². The van der Waals surface area contributed by atoms with Gasteiger partial charge in [0.1, 0.15) is 5.69 Å². The van der Waals surface area contributed by atoms with Gasteiger partial charge in [0, 0.05) is 32.9 Å². The summed E-state index contributed by atoms with van der Waals surface area (Å²) in [5.74, 6) is 0.0292. The molecule has 0 saturated carbocycles. The first-order chi connectivity index (χ1) is 8.08. The third-order valence-corrected chi connectivity index (χ3v) is 2.98. The Balaban J connectivity index is 2.16. The Morgan fingerprint density at radius 1 is 1.59 bits per heavy atom. The predicted molar refractivity (Wildman–Crippen MR) is 65.8 cm³/mol. The SMILES string of the molecule is CC1CN(C(=O)c2cc(N)cn2C)CCCO1. The average molecular weight is 237 g/mol. The Morgan fingerprint density at radius 3 is 3.00 bits per heavy atom. The highest BCUT2D eigenvalue weighted by molar-refractivity contribution is 5.93. The van der Waals surface area contributed by atoms with Crippen molar-refractivity contribution in [1.82, 2.24) is 9.47 Å². The van der Waals surface area contributed by atoms with Gasteiger partial charge in [0.15, 0.2) is 0 Å². The lowest BCUT2D eigenvalue weighted by molar-refractivity contribution is 0.0557. The Labute approximate surface area is 101 Å². The van der Waals surface area contributed by atoms with Crippen molar-refractivity contribution in [3.05, 3.63) is 18.0 Å². The lowest BCUT2D eigenvalue weighted by Gasteiger charge is -2.22. The molecule has 1 aliphatic heterocycles. The van der Waals surface area contributed by atoms with E-state index in [0.717, 1.165) is 19.6 Å². The molecule has 0 spiro atoms. The second-order valence-electron chi connectivity index (χ2n) is 4.56. The maximum atomic E-state index is 12.3. The van der Waals surface area contributed by atoms with Gasteiger partial charge in [-0.2, -0.15) is 0 Å². The molecule has 1 fully saturated rings. The van der Waals surface area contributed by atoms with Crippen LogP contribution >= 0.6 is 0 Å². The van der Waals surface area contributed by atoms with Gasteiger partial charge < -0.3 is 19.9 Å². The third kappa shape index (κ3) is 2.61. The van der Waals surface area contributed by atoms with Gasteiger partial charge in [0.2, 0.25) is 0 Å². The maximum absolute atomic E-state index is 12.3. The molecule has 0 aliphatic carbocycles. The number of hydrogen-bond acceptors (Lipinski definition) is 3. The number of nitrogens with two attached hydrogens (primary N) is 1. The highest BCUT2D eigenvalue weighted by Gasteiger charge is 2.22. The molecule has 2 N–H and O–H groups in total. The maximum Gasteiger partial charge on any atom is 0.270 e.